The fraction of sp³-hybridized carbons (Fsp3) is 0.625. The van der Waals surface area contributed by atoms with Crippen molar-refractivity contribution in [2.45, 2.75) is 12.5 Å². The molecular formula is C16H25N3S. The standard InChI is InChI=1S/C16H25N3S/c1-17(2)7-8-19-6-5-14-3-4-15(13-16(14)19)18-9-11-20-12-10-18/h3-6,16H,7-13H2,1-2H3. The van der Waals surface area contributed by atoms with Crippen LogP contribution in [-0.4, -0.2) is 72.5 Å². The van der Waals surface area contributed by atoms with E-state index in [1.807, 2.05) is 0 Å². The summed E-state index contributed by atoms with van der Waals surface area (Å²) in [5, 5.41) is 0. The predicted molar refractivity (Wildman–Crippen MR) is 87.9 cm³/mol. The van der Waals surface area contributed by atoms with Gasteiger partial charge in [-0.1, -0.05) is 6.08 Å². The van der Waals surface area contributed by atoms with Crippen LogP contribution in [0.2, 0.25) is 0 Å². The normalized spacial score (nSPS) is 25.9. The van der Waals surface area contributed by atoms with Crippen molar-refractivity contribution < 1.29 is 0 Å². The zero-order valence-electron chi connectivity index (χ0n) is 12.6. The zero-order chi connectivity index (χ0) is 13.9. The largest absolute Gasteiger partial charge is 0.373 e. The molecule has 1 unspecified atom stereocenters. The van der Waals surface area contributed by atoms with Gasteiger partial charge in [0.1, 0.15) is 0 Å². The number of hydrogen-bond donors (Lipinski definition) is 0. The zero-order valence-corrected chi connectivity index (χ0v) is 13.4. The van der Waals surface area contributed by atoms with Crippen LogP contribution in [0.5, 0.6) is 0 Å². The molecule has 0 aromatic carbocycles. The van der Waals surface area contributed by atoms with Gasteiger partial charge in [-0.2, -0.15) is 11.8 Å². The topological polar surface area (TPSA) is 9.72 Å². The monoisotopic (exact) mass is 291 g/mol. The fourth-order valence-corrected chi connectivity index (χ4v) is 3.98. The van der Waals surface area contributed by atoms with Crippen LogP contribution in [-0.2, 0) is 0 Å². The smallest absolute Gasteiger partial charge is 0.0592 e. The molecule has 1 saturated heterocycles. The van der Waals surface area contributed by atoms with Crippen LogP contribution >= 0.6 is 11.8 Å². The van der Waals surface area contributed by atoms with E-state index in [0.29, 0.717) is 6.04 Å². The van der Waals surface area contributed by atoms with Crippen molar-refractivity contribution in [1.29, 1.82) is 0 Å². The van der Waals surface area contributed by atoms with E-state index < -0.39 is 0 Å². The number of fused-ring (bicyclic) bond motifs is 1. The molecule has 0 bridgehead atoms. The third-order valence-corrected chi connectivity index (χ3v) is 5.28. The van der Waals surface area contributed by atoms with E-state index in [9.17, 15) is 0 Å². The lowest BCUT2D eigenvalue weighted by molar-refractivity contribution is 0.260. The molecule has 3 aliphatic rings. The van der Waals surface area contributed by atoms with Gasteiger partial charge in [0, 0.05) is 56.0 Å². The molecule has 110 valence electrons. The quantitative estimate of drug-likeness (QED) is 0.783. The second-order valence-corrected chi connectivity index (χ2v) is 7.23. The summed E-state index contributed by atoms with van der Waals surface area (Å²) in [4.78, 5) is 7.36. The van der Waals surface area contributed by atoms with Crippen molar-refractivity contribution in [3.63, 3.8) is 0 Å². The van der Waals surface area contributed by atoms with Gasteiger partial charge < -0.3 is 14.7 Å². The Bertz CT molecular complexity index is 433. The van der Waals surface area contributed by atoms with E-state index in [-0.39, 0.29) is 0 Å². The van der Waals surface area contributed by atoms with E-state index in [1.165, 1.54) is 42.3 Å². The van der Waals surface area contributed by atoms with E-state index in [4.69, 9.17) is 0 Å². The van der Waals surface area contributed by atoms with Gasteiger partial charge >= 0.3 is 0 Å². The van der Waals surface area contributed by atoms with Gasteiger partial charge in [0.05, 0.1) is 6.04 Å². The molecule has 0 amide bonds. The highest BCUT2D eigenvalue weighted by atomic mass is 32.2. The second kappa shape index (κ2) is 6.27. The number of thioether (sulfide) groups is 1. The highest BCUT2D eigenvalue weighted by Crippen LogP contribution is 2.31. The molecule has 2 heterocycles. The predicted octanol–water partition coefficient (Wildman–Crippen LogP) is 2.01. The third-order valence-electron chi connectivity index (χ3n) is 4.34. The molecule has 0 spiro atoms. The first-order chi connectivity index (χ1) is 9.74. The van der Waals surface area contributed by atoms with Crippen LogP contribution in [0.3, 0.4) is 0 Å². The lowest BCUT2D eigenvalue weighted by atomic mass is 9.97. The molecule has 20 heavy (non-hydrogen) atoms. The molecule has 1 atom stereocenters. The van der Waals surface area contributed by atoms with Crippen LogP contribution in [0, 0.1) is 0 Å². The minimum absolute atomic E-state index is 0.574. The molecule has 0 aromatic heterocycles. The minimum Gasteiger partial charge on any atom is -0.373 e. The van der Waals surface area contributed by atoms with Gasteiger partial charge in [-0.25, -0.2) is 0 Å². The summed E-state index contributed by atoms with van der Waals surface area (Å²) >= 11 is 2.08. The van der Waals surface area contributed by atoms with Crippen LogP contribution in [0.4, 0.5) is 0 Å². The van der Waals surface area contributed by atoms with Crippen LogP contribution in [0.15, 0.2) is 35.7 Å². The Balaban J connectivity index is 1.64. The lowest BCUT2D eigenvalue weighted by Gasteiger charge is -2.36. The number of rotatable bonds is 4. The maximum Gasteiger partial charge on any atom is 0.0592 e. The SMILES string of the molecule is CN(C)CCN1C=CC2=CC=C(N3CCSCC3)CC21. The molecule has 0 aromatic rings. The van der Waals surface area contributed by atoms with E-state index in [1.54, 1.807) is 0 Å². The van der Waals surface area contributed by atoms with Crippen molar-refractivity contribution in [2.24, 2.45) is 0 Å². The highest BCUT2D eigenvalue weighted by Gasteiger charge is 2.28. The van der Waals surface area contributed by atoms with Gasteiger partial charge in [0.2, 0.25) is 0 Å². The highest BCUT2D eigenvalue weighted by molar-refractivity contribution is 7.99. The number of allylic oxidation sites excluding steroid dienone is 2. The Hall–Kier alpha value is -0.870. The summed E-state index contributed by atoms with van der Waals surface area (Å²) in [5.74, 6) is 2.56. The lowest BCUT2D eigenvalue weighted by Crippen LogP contribution is -2.39. The molecule has 0 radical (unpaired) electrons. The Morgan fingerprint density at radius 1 is 1.25 bits per heavy atom. The van der Waals surface area contributed by atoms with Crippen LogP contribution in [0.25, 0.3) is 0 Å². The van der Waals surface area contributed by atoms with Gasteiger partial charge in [-0.15, -0.1) is 0 Å². The molecule has 3 nitrogen and oxygen atoms in total. The Labute approximate surface area is 127 Å². The molecule has 0 saturated carbocycles. The Kier molecular flexibility index (Phi) is 4.41. The first-order valence-electron chi connectivity index (χ1n) is 7.56. The number of nitrogens with zero attached hydrogens (tertiary/aromatic N) is 3. The van der Waals surface area contributed by atoms with Gasteiger partial charge in [-0.3, -0.25) is 0 Å². The van der Waals surface area contributed by atoms with Crippen molar-refractivity contribution in [3.8, 4) is 0 Å². The van der Waals surface area contributed by atoms with Crippen molar-refractivity contribution in [3.05, 3.63) is 35.7 Å². The molecule has 4 heteroatoms. The van der Waals surface area contributed by atoms with E-state index in [0.717, 1.165) is 13.1 Å². The first-order valence-corrected chi connectivity index (χ1v) is 8.71. The summed E-state index contributed by atoms with van der Waals surface area (Å²) in [5.41, 5.74) is 3.02. The Morgan fingerprint density at radius 3 is 2.80 bits per heavy atom. The third kappa shape index (κ3) is 3.07. The summed E-state index contributed by atoms with van der Waals surface area (Å²) in [6.45, 7) is 4.68. The fourth-order valence-electron chi connectivity index (χ4n) is 3.08. The molecule has 0 N–H and O–H groups in total. The first kappa shape index (κ1) is 14.1. The summed E-state index contributed by atoms with van der Waals surface area (Å²) < 4.78 is 0. The van der Waals surface area contributed by atoms with E-state index >= 15 is 0 Å². The summed E-state index contributed by atoms with van der Waals surface area (Å²) in [7, 11) is 4.29. The number of likely N-dealkylation sites (N-methyl/N-ethyl adjacent to an activating group) is 1. The van der Waals surface area contributed by atoms with Gasteiger partial charge in [-0.05, 0) is 31.8 Å². The average molecular weight is 291 g/mol. The summed E-state index contributed by atoms with van der Waals surface area (Å²) in [6.07, 6.45) is 10.4. The van der Waals surface area contributed by atoms with Gasteiger partial charge in [0.25, 0.3) is 0 Å². The molecule has 2 aliphatic heterocycles. The Morgan fingerprint density at radius 2 is 2.05 bits per heavy atom. The molecular weight excluding hydrogens is 266 g/mol. The van der Waals surface area contributed by atoms with Crippen molar-refractivity contribution >= 4 is 11.8 Å². The summed E-state index contributed by atoms with van der Waals surface area (Å²) in [6, 6.07) is 0.574. The molecule has 1 aliphatic carbocycles. The maximum absolute atomic E-state index is 2.59. The van der Waals surface area contributed by atoms with Gasteiger partial charge in [0.15, 0.2) is 0 Å². The minimum atomic E-state index is 0.574. The maximum atomic E-state index is 2.59. The van der Waals surface area contributed by atoms with Crippen LogP contribution in [0.1, 0.15) is 6.42 Å². The molecule has 1 fully saturated rings. The average Bonchev–Trinajstić information content (AvgIpc) is 2.88. The van der Waals surface area contributed by atoms with Crippen LogP contribution < -0.4 is 0 Å². The molecule has 3 rings (SSSR count). The van der Waals surface area contributed by atoms with Crippen molar-refractivity contribution in [1.82, 2.24) is 14.7 Å². The second-order valence-electron chi connectivity index (χ2n) is 6.00. The van der Waals surface area contributed by atoms with E-state index in [2.05, 4.69) is 65.0 Å². The van der Waals surface area contributed by atoms with Crippen molar-refractivity contribution in [2.75, 3.05) is 51.8 Å². The number of hydrogen-bond acceptors (Lipinski definition) is 4.